The summed E-state index contributed by atoms with van der Waals surface area (Å²) in [5.41, 5.74) is 1.26. The monoisotopic (exact) mass is 409 g/mol. The zero-order chi connectivity index (χ0) is 15.2. The molecule has 0 saturated heterocycles. The van der Waals surface area contributed by atoms with Crippen molar-refractivity contribution in [3.8, 4) is 0 Å². The fourth-order valence-electron chi connectivity index (χ4n) is 1.96. The average molecular weight is 410 g/mol. The van der Waals surface area contributed by atoms with E-state index in [1.54, 1.807) is 22.1 Å². The first kappa shape index (κ1) is 17.2. The van der Waals surface area contributed by atoms with Gasteiger partial charge in [0.25, 0.3) is 0 Å². The molecule has 1 amide bonds. The maximum Gasteiger partial charge on any atom is 0.304 e. The van der Waals surface area contributed by atoms with Crippen LogP contribution in [-0.2, 0) is 9.59 Å². The van der Waals surface area contributed by atoms with Crippen LogP contribution in [0.15, 0.2) is 15.2 Å². The lowest BCUT2D eigenvalue weighted by atomic mass is 10.2. The first-order chi connectivity index (χ1) is 10.1. The molecule has 116 valence electrons. The highest BCUT2D eigenvalue weighted by Gasteiger charge is 2.44. The zero-order valence-electron chi connectivity index (χ0n) is 11.2. The van der Waals surface area contributed by atoms with Crippen LogP contribution in [0.1, 0.15) is 24.3 Å². The topological polar surface area (TPSA) is 66.4 Å². The Morgan fingerprint density at radius 2 is 2.19 bits per heavy atom. The highest BCUT2D eigenvalue weighted by Crippen LogP contribution is 2.49. The number of amides is 1. The van der Waals surface area contributed by atoms with Crippen LogP contribution in [0.2, 0.25) is 0 Å². The predicted molar refractivity (Wildman–Crippen MR) is 93.0 cm³/mol. The summed E-state index contributed by atoms with van der Waals surface area (Å²) >= 11 is 5.10. The molecule has 2 N–H and O–H groups in total. The number of halogens is 1. The molecule has 0 spiro atoms. The molecule has 1 fully saturated rings. The van der Waals surface area contributed by atoms with Crippen molar-refractivity contribution in [2.75, 3.05) is 18.1 Å². The Balaban J connectivity index is 1.54. The quantitative estimate of drug-likeness (QED) is 0.481. The Bertz CT molecular complexity index is 509. The van der Waals surface area contributed by atoms with Crippen LogP contribution in [0.5, 0.6) is 0 Å². The second-order valence-corrected chi connectivity index (χ2v) is 9.70. The Labute approximate surface area is 144 Å². The van der Waals surface area contributed by atoms with E-state index in [1.165, 1.54) is 16.4 Å². The molecule has 1 heterocycles. The zero-order valence-corrected chi connectivity index (χ0v) is 15.2. The summed E-state index contributed by atoms with van der Waals surface area (Å²) in [4.78, 5) is 22.3. The molecule has 8 heteroatoms. The van der Waals surface area contributed by atoms with Crippen LogP contribution in [0.25, 0.3) is 0 Å². The summed E-state index contributed by atoms with van der Waals surface area (Å²) in [5, 5.41) is 13.6. The number of hydrogen-bond donors (Lipinski definition) is 2. The van der Waals surface area contributed by atoms with Gasteiger partial charge >= 0.3 is 5.97 Å². The molecule has 1 saturated carbocycles. The molecule has 0 bridgehead atoms. The molecule has 4 nitrogen and oxygen atoms in total. The maximum absolute atomic E-state index is 12.0. The van der Waals surface area contributed by atoms with E-state index in [0.29, 0.717) is 18.2 Å². The molecule has 1 aromatic heterocycles. The number of thiophene rings is 1. The minimum Gasteiger partial charge on any atom is -0.481 e. The molecule has 2 rings (SSSR count). The third-order valence-corrected chi connectivity index (χ3v) is 7.04. The molecule has 0 aliphatic heterocycles. The van der Waals surface area contributed by atoms with Crippen molar-refractivity contribution < 1.29 is 14.7 Å². The second-order valence-electron chi connectivity index (χ2n) is 4.71. The van der Waals surface area contributed by atoms with Crippen molar-refractivity contribution in [1.29, 1.82) is 0 Å². The molecule has 1 aliphatic carbocycles. The first-order valence-corrected chi connectivity index (χ1v) is 10.7. The molecular weight excluding hydrogens is 394 g/mol. The smallest absolute Gasteiger partial charge is 0.304 e. The number of carbonyl (C=O) groups excluding carboxylic acids is 1. The maximum atomic E-state index is 12.0. The predicted octanol–water partition coefficient (Wildman–Crippen LogP) is 3.59. The summed E-state index contributed by atoms with van der Waals surface area (Å²) in [7, 11) is 3.14. The van der Waals surface area contributed by atoms with Gasteiger partial charge in [-0.3, -0.25) is 9.59 Å². The molecule has 2 atom stereocenters. The molecule has 21 heavy (non-hydrogen) atoms. The van der Waals surface area contributed by atoms with Crippen LogP contribution in [0.4, 0.5) is 0 Å². The Morgan fingerprint density at radius 1 is 1.43 bits per heavy atom. The van der Waals surface area contributed by atoms with E-state index in [4.69, 9.17) is 5.11 Å². The number of aliphatic carboxylic acids is 1. The fraction of sp³-hybridized carbons (Fsp3) is 0.538. The SMILES string of the molecule is O=C(O)CCSSCCNC(=O)[C@@H]1C[C@H]1c1csc(Br)c1. The van der Waals surface area contributed by atoms with Crippen LogP contribution >= 0.6 is 48.9 Å². The fourth-order valence-corrected chi connectivity index (χ4v) is 5.09. The van der Waals surface area contributed by atoms with Gasteiger partial charge in [0.2, 0.25) is 5.91 Å². The minimum atomic E-state index is -0.767. The van der Waals surface area contributed by atoms with Gasteiger partial charge in [-0.25, -0.2) is 0 Å². The highest BCUT2D eigenvalue weighted by molar-refractivity contribution is 9.11. The van der Waals surface area contributed by atoms with Gasteiger partial charge in [0.15, 0.2) is 0 Å². The molecule has 0 unspecified atom stereocenters. The summed E-state index contributed by atoms with van der Waals surface area (Å²) in [6.45, 7) is 0.639. The van der Waals surface area contributed by atoms with E-state index < -0.39 is 5.97 Å². The van der Waals surface area contributed by atoms with Gasteiger partial charge in [-0.05, 0) is 45.3 Å². The van der Waals surface area contributed by atoms with Crippen molar-refractivity contribution in [2.45, 2.75) is 18.8 Å². The van der Waals surface area contributed by atoms with E-state index in [1.807, 2.05) is 0 Å². The van der Waals surface area contributed by atoms with E-state index in [0.717, 1.165) is 16.0 Å². The van der Waals surface area contributed by atoms with E-state index in [9.17, 15) is 9.59 Å². The lowest BCUT2D eigenvalue weighted by Crippen LogP contribution is -2.27. The lowest BCUT2D eigenvalue weighted by Gasteiger charge is -2.04. The van der Waals surface area contributed by atoms with Gasteiger partial charge in [-0.2, -0.15) is 0 Å². The third-order valence-electron chi connectivity index (χ3n) is 3.11. The van der Waals surface area contributed by atoms with Gasteiger partial charge in [-0.15, -0.1) is 11.3 Å². The highest BCUT2D eigenvalue weighted by atomic mass is 79.9. The van der Waals surface area contributed by atoms with Gasteiger partial charge in [0.05, 0.1) is 10.2 Å². The van der Waals surface area contributed by atoms with Gasteiger partial charge in [0, 0.05) is 24.0 Å². The van der Waals surface area contributed by atoms with Crippen molar-refractivity contribution in [3.63, 3.8) is 0 Å². The van der Waals surface area contributed by atoms with E-state index in [-0.39, 0.29) is 18.2 Å². The van der Waals surface area contributed by atoms with Crippen LogP contribution < -0.4 is 5.32 Å². The number of carbonyl (C=O) groups is 2. The third kappa shape index (κ3) is 5.84. The van der Waals surface area contributed by atoms with E-state index in [2.05, 4.69) is 32.7 Å². The molecular formula is C13H16BrNO3S3. The van der Waals surface area contributed by atoms with Crippen molar-refractivity contribution in [1.82, 2.24) is 5.32 Å². The minimum absolute atomic E-state index is 0.121. The molecule has 0 radical (unpaired) electrons. The summed E-state index contributed by atoms with van der Waals surface area (Å²) in [5.74, 6) is 1.28. The average Bonchev–Trinajstić information content (AvgIpc) is 3.12. The lowest BCUT2D eigenvalue weighted by molar-refractivity contribution is -0.136. The number of carboxylic acids is 1. The number of rotatable bonds is 9. The van der Waals surface area contributed by atoms with Crippen molar-refractivity contribution >= 4 is 60.7 Å². The number of carboxylic acid groups (broad SMARTS) is 1. The van der Waals surface area contributed by atoms with Gasteiger partial charge < -0.3 is 10.4 Å². The Morgan fingerprint density at radius 3 is 2.86 bits per heavy atom. The Kier molecular flexibility index (Phi) is 6.91. The second kappa shape index (κ2) is 8.45. The summed E-state index contributed by atoms with van der Waals surface area (Å²) in [6.07, 6.45) is 1.12. The van der Waals surface area contributed by atoms with Crippen LogP contribution in [0.3, 0.4) is 0 Å². The van der Waals surface area contributed by atoms with Gasteiger partial charge in [0.1, 0.15) is 0 Å². The molecule has 1 aliphatic rings. The summed E-state index contributed by atoms with van der Waals surface area (Å²) < 4.78 is 1.11. The number of nitrogens with one attached hydrogen (secondary N) is 1. The van der Waals surface area contributed by atoms with E-state index >= 15 is 0 Å². The van der Waals surface area contributed by atoms with Crippen molar-refractivity contribution in [2.24, 2.45) is 5.92 Å². The standard InChI is InChI=1S/C13H16BrNO3S3/c14-11-5-8(7-19-11)9-6-10(9)13(18)15-2-4-21-20-3-1-12(16)17/h5,7,9-10H,1-4,6H2,(H,15,18)(H,16,17)/t9-,10+/m0/s1. The molecule has 1 aromatic rings. The first-order valence-electron chi connectivity index (χ1n) is 6.55. The number of hydrogen-bond acceptors (Lipinski definition) is 5. The van der Waals surface area contributed by atoms with Crippen molar-refractivity contribution in [3.05, 3.63) is 20.8 Å². The molecule has 0 aromatic carbocycles. The Hall–Kier alpha value is -0.180. The van der Waals surface area contributed by atoms with Crippen LogP contribution in [-0.4, -0.2) is 35.0 Å². The van der Waals surface area contributed by atoms with Gasteiger partial charge in [-0.1, -0.05) is 21.6 Å². The largest absolute Gasteiger partial charge is 0.481 e. The summed E-state index contributed by atoms with van der Waals surface area (Å²) in [6, 6.07) is 2.09. The normalized spacial score (nSPS) is 20.2. The van der Waals surface area contributed by atoms with Crippen LogP contribution in [0, 0.1) is 5.92 Å².